The molecule has 9 rings (SSSR count). The van der Waals surface area contributed by atoms with Gasteiger partial charge in [-0.05, 0) is 55.8 Å². The number of nitrogens with one attached hydrogen (secondary N) is 1. The van der Waals surface area contributed by atoms with E-state index in [-0.39, 0.29) is 58.2 Å². The van der Waals surface area contributed by atoms with Gasteiger partial charge in [0.25, 0.3) is 0 Å². The van der Waals surface area contributed by atoms with E-state index in [0.717, 1.165) is 38.8 Å². The molecule has 5 saturated heterocycles. The Bertz CT molecular complexity index is 1860. The minimum atomic E-state index is -0.913. The Kier molecular flexibility index (Phi) is 6.36. The molecule has 44 heavy (non-hydrogen) atoms. The monoisotopic (exact) mass is 600 g/mol. The molecule has 0 spiro atoms. The van der Waals surface area contributed by atoms with Gasteiger partial charge in [-0.3, -0.25) is 9.88 Å². The smallest absolute Gasteiger partial charge is 0.319 e. The number of ether oxygens (including phenoxy) is 1. The molecule has 5 aliphatic heterocycles. The van der Waals surface area contributed by atoms with E-state index in [2.05, 4.69) is 31.0 Å². The fraction of sp³-hybridized carbons (Fsp3) is 0.424. The van der Waals surface area contributed by atoms with Crippen LogP contribution in [0, 0.1) is 24.0 Å². The lowest BCUT2D eigenvalue weighted by atomic mass is 9.92. The number of nitrogens with zero attached hydrogens (tertiary/aromatic N) is 5. The molecule has 0 amide bonds. The molecule has 0 saturated carbocycles. The van der Waals surface area contributed by atoms with E-state index in [1.807, 2.05) is 0 Å². The third-order valence-corrected chi connectivity index (χ3v) is 9.95. The lowest BCUT2D eigenvalue weighted by molar-refractivity contribution is 0.107. The summed E-state index contributed by atoms with van der Waals surface area (Å²) in [7, 11) is 0. The van der Waals surface area contributed by atoms with Crippen LogP contribution in [0.4, 0.5) is 19.0 Å². The molecule has 226 valence electrons. The number of anilines is 1. The second kappa shape index (κ2) is 10.2. The van der Waals surface area contributed by atoms with Crippen LogP contribution < -0.4 is 15.0 Å². The Balaban J connectivity index is 1.29. The Morgan fingerprint density at radius 2 is 2.07 bits per heavy atom. The Hall–Kier alpha value is -4.14. The second-order valence-electron chi connectivity index (χ2n) is 12.5. The minimum Gasteiger partial charge on any atom is -0.508 e. The molecule has 2 bridgehead atoms. The maximum absolute atomic E-state index is 16.7. The van der Waals surface area contributed by atoms with Crippen molar-refractivity contribution < 1.29 is 23.0 Å². The number of piperidine rings is 2. The third kappa shape index (κ3) is 4.26. The van der Waals surface area contributed by atoms with E-state index in [0.29, 0.717) is 36.1 Å². The van der Waals surface area contributed by atoms with Crippen LogP contribution in [0.1, 0.15) is 37.7 Å². The maximum Gasteiger partial charge on any atom is 0.319 e. The molecular weight excluding hydrogens is 569 g/mol. The van der Waals surface area contributed by atoms with Gasteiger partial charge in [-0.15, -0.1) is 6.42 Å². The third-order valence-electron chi connectivity index (χ3n) is 9.95. The molecule has 5 fully saturated rings. The Morgan fingerprint density at radius 3 is 2.84 bits per heavy atom. The predicted molar refractivity (Wildman–Crippen MR) is 160 cm³/mol. The van der Waals surface area contributed by atoms with Gasteiger partial charge in [-0.1, -0.05) is 12.0 Å². The number of fused-ring (bicyclic) bond motifs is 6. The van der Waals surface area contributed by atoms with Crippen molar-refractivity contribution in [3.05, 3.63) is 47.7 Å². The zero-order chi connectivity index (χ0) is 30.2. The largest absolute Gasteiger partial charge is 0.508 e. The van der Waals surface area contributed by atoms with E-state index in [1.165, 1.54) is 30.5 Å². The minimum absolute atomic E-state index is 0.00451. The number of hydrogen-bond donors (Lipinski definition) is 2. The molecular formula is C33H31F3N6O2. The van der Waals surface area contributed by atoms with Crippen molar-refractivity contribution >= 4 is 27.5 Å². The van der Waals surface area contributed by atoms with Crippen molar-refractivity contribution in [2.75, 3.05) is 37.7 Å². The standard InChI is InChI=1S/C33H31F3N6O2/c1-2-23-26(35)7-4-18-10-22(43)11-24(27(18)23)29-28(36)30-25(14-38-29)31(42-16-20-5-6-21(42)13-37-20)40-32(39-30)44-17-33-8-3-9-41(33)15-19(34)12-33/h1,4,7,10-11,14,19-21,37,43H,3,5-6,8-9,12-13,15-17H2/t19-,20?,21?,33+/m1/s1. The molecule has 0 aliphatic carbocycles. The summed E-state index contributed by atoms with van der Waals surface area (Å²) in [6.45, 7) is 2.89. The van der Waals surface area contributed by atoms with Gasteiger partial charge in [-0.25, -0.2) is 13.2 Å². The van der Waals surface area contributed by atoms with Crippen LogP contribution >= 0.6 is 0 Å². The van der Waals surface area contributed by atoms with E-state index in [1.54, 1.807) is 0 Å². The first-order valence-corrected chi connectivity index (χ1v) is 15.1. The summed E-state index contributed by atoms with van der Waals surface area (Å²) < 4.78 is 52.2. The lowest BCUT2D eigenvalue weighted by Crippen LogP contribution is -2.61. The summed E-state index contributed by atoms with van der Waals surface area (Å²) in [5.41, 5.74) is -0.462. The number of aromatic nitrogens is 3. The van der Waals surface area contributed by atoms with E-state index in [4.69, 9.17) is 16.1 Å². The van der Waals surface area contributed by atoms with Gasteiger partial charge in [0.15, 0.2) is 5.82 Å². The number of benzene rings is 2. The van der Waals surface area contributed by atoms with E-state index < -0.39 is 23.3 Å². The van der Waals surface area contributed by atoms with Gasteiger partial charge in [0, 0.05) is 55.3 Å². The molecule has 4 atom stereocenters. The molecule has 0 radical (unpaired) electrons. The van der Waals surface area contributed by atoms with Crippen LogP contribution in [0.25, 0.3) is 32.9 Å². The van der Waals surface area contributed by atoms with Gasteiger partial charge >= 0.3 is 6.01 Å². The number of phenols is 1. The Morgan fingerprint density at radius 1 is 1.18 bits per heavy atom. The number of phenolic OH excluding ortho intramolecular Hbond substituents is 1. The molecule has 11 heteroatoms. The van der Waals surface area contributed by atoms with Gasteiger partial charge in [0.2, 0.25) is 0 Å². The molecule has 2 aromatic carbocycles. The molecule has 2 aromatic heterocycles. The molecule has 5 aliphatic rings. The molecule has 2 N–H and O–H groups in total. The first-order valence-electron chi connectivity index (χ1n) is 15.1. The molecule has 8 nitrogen and oxygen atoms in total. The first-order chi connectivity index (χ1) is 21.3. The summed E-state index contributed by atoms with van der Waals surface area (Å²) in [5, 5.41) is 15.2. The van der Waals surface area contributed by atoms with Crippen molar-refractivity contribution in [1.82, 2.24) is 25.2 Å². The zero-order valence-corrected chi connectivity index (χ0v) is 24.0. The van der Waals surface area contributed by atoms with Crippen LogP contribution in [0.5, 0.6) is 11.8 Å². The van der Waals surface area contributed by atoms with Crippen LogP contribution in [-0.4, -0.2) is 81.5 Å². The van der Waals surface area contributed by atoms with Crippen LogP contribution in [0.2, 0.25) is 0 Å². The van der Waals surface area contributed by atoms with E-state index in [9.17, 15) is 13.9 Å². The van der Waals surface area contributed by atoms with E-state index >= 15 is 4.39 Å². The highest BCUT2D eigenvalue weighted by molar-refractivity contribution is 6.03. The van der Waals surface area contributed by atoms with Gasteiger partial charge in [0.05, 0.1) is 16.5 Å². The van der Waals surface area contributed by atoms with Crippen molar-refractivity contribution in [2.45, 2.75) is 55.9 Å². The quantitative estimate of drug-likeness (QED) is 0.319. The highest BCUT2D eigenvalue weighted by Gasteiger charge is 2.49. The Labute approximate surface area is 252 Å². The number of pyridine rings is 1. The number of alkyl halides is 1. The zero-order valence-electron chi connectivity index (χ0n) is 24.0. The average molecular weight is 601 g/mol. The molecule has 4 aromatic rings. The number of hydrogen-bond acceptors (Lipinski definition) is 8. The maximum atomic E-state index is 16.7. The summed E-state index contributed by atoms with van der Waals surface area (Å²) >= 11 is 0. The van der Waals surface area contributed by atoms with Gasteiger partial charge in [0.1, 0.15) is 41.4 Å². The second-order valence-corrected chi connectivity index (χ2v) is 12.5. The normalized spacial score (nSPS) is 26.4. The number of terminal acetylenes is 1. The predicted octanol–water partition coefficient (Wildman–Crippen LogP) is 4.71. The van der Waals surface area contributed by atoms with Crippen LogP contribution in [-0.2, 0) is 0 Å². The van der Waals surface area contributed by atoms with Crippen molar-refractivity contribution in [1.29, 1.82) is 0 Å². The van der Waals surface area contributed by atoms with Crippen LogP contribution in [0.15, 0.2) is 30.5 Å². The average Bonchev–Trinajstić information content (AvgIpc) is 3.56. The van der Waals surface area contributed by atoms with Crippen molar-refractivity contribution in [3.63, 3.8) is 0 Å². The molecule has 7 heterocycles. The number of halogens is 3. The first kappa shape index (κ1) is 27.4. The van der Waals surface area contributed by atoms with Crippen LogP contribution in [0.3, 0.4) is 0 Å². The number of aromatic hydroxyl groups is 1. The van der Waals surface area contributed by atoms with Gasteiger partial charge in [-0.2, -0.15) is 9.97 Å². The highest BCUT2D eigenvalue weighted by atomic mass is 19.1. The SMILES string of the molecule is C#Cc1c(F)ccc2cc(O)cc(-c3ncc4c(N5CC6CCC5CN6)nc(OC[C@@]56CCCN5C[C@H](F)C6)nc4c3F)c12. The summed E-state index contributed by atoms with van der Waals surface area (Å²) in [6, 6.07) is 5.93. The summed E-state index contributed by atoms with van der Waals surface area (Å²) in [5.74, 6) is 1.36. The molecule has 2 unspecified atom stereocenters. The summed E-state index contributed by atoms with van der Waals surface area (Å²) in [6.07, 6.45) is 10.5. The fourth-order valence-electron chi connectivity index (χ4n) is 7.86. The number of rotatable bonds is 5. The van der Waals surface area contributed by atoms with Gasteiger partial charge < -0.3 is 20.1 Å². The van der Waals surface area contributed by atoms with Crippen molar-refractivity contribution in [2.24, 2.45) is 0 Å². The highest BCUT2D eigenvalue weighted by Crippen LogP contribution is 2.42. The summed E-state index contributed by atoms with van der Waals surface area (Å²) in [4.78, 5) is 18.2. The number of piperazine rings is 1. The lowest BCUT2D eigenvalue weighted by Gasteiger charge is -2.46. The topological polar surface area (TPSA) is 86.6 Å². The fourth-order valence-corrected chi connectivity index (χ4v) is 7.86. The van der Waals surface area contributed by atoms with Crippen molar-refractivity contribution in [3.8, 4) is 35.4 Å².